The van der Waals surface area contributed by atoms with E-state index in [1.54, 1.807) is 12.5 Å². The van der Waals surface area contributed by atoms with Crippen LogP contribution in [0.5, 0.6) is 0 Å². The van der Waals surface area contributed by atoms with Crippen molar-refractivity contribution >= 4 is 21.4 Å². The minimum absolute atomic E-state index is 0.915. The fourth-order valence-electron chi connectivity index (χ4n) is 1.56. The first-order valence-corrected chi connectivity index (χ1v) is 12.3. The van der Waals surface area contributed by atoms with Gasteiger partial charge in [0.1, 0.15) is 0 Å². The van der Waals surface area contributed by atoms with Crippen molar-refractivity contribution in [1.82, 2.24) is 4.90 Å². The van der Waals surface area contributed by atoms with E-state index in [0.29, 0.717) is 0 Å². The van der Waals surface area contributed by atoms with Gasteiger partial charge in [-0.25, -0.2) is 0 Å². The van der Waals surface area contributed by atoms with Crippen LogP contribution in [0.15, 0.2) is 0 Å². The number of hydrogen-bond acceptors (Lipinski definition) is 1. The molecule has 0 aromatic rings. The summed E-state index contributed by atoms with van der Waals surface area (Å²) >= 11 is -0.915. The van der Waals surface area contributed by atoms with Gasteiger partial charge in [-0.05, 0) is 0 Å². The summed E-state index contributed by atoms with van der Waals surface area (Å²) in [5.41, 5.74) is 0. The zero-order chi connectivity index (χ0) is 9.40. The zero-order valence-electron chi connectivity index (χ0n) is 9.27. The van der Waals surface area contributed by atoms with Crippen molar-refractivity contribution in [2.45, 2.75) is 39.2 Å². The molecule has 0 saturated heterocycles. The van der Waals surface area contributed by atoms with Gasteiger partial charge in [0.2, 0.25) is 0 Å². The molecule has 0 saturated carbocycles. The normalized spacial score (nSPS) is 10.8. The van der Waals surface area contributed by atoms with Crippen LogP contribution in [0.25, 0.3) is 0 Å². The van der Waals surface area contributed by atoms with Gasteiger partial charge in [0.15, 0.2) is 0 Å². The van der Waals surface area contributed by atoms with Crippen LogP contribution in [0.3, 0.4) is 0 Å². The molecule has 0 unspecified atom stereocenters. The topological polar surface area (TPSA) is 3.24 Å². The average molecular weight is 273 g/mol. The first-order chi connectivity index (χ1) is 5.70. The van der Waals surface area contributed by atoms with Gasteiger partial charge in [-0.1, -0.05) is 0 Å². The minimum atomic E-state index is -0.915. The molecule has 0 heterocycles. The third-order valence-corrected chi connectivity index (χ3v) is 12.7. The van der Waals surface area contributed by atoms with E-state index in [1.165, 1.54) is 19.4 Å². The summed E-state index contributed by atoms with van der Waals surface area (Å²) in [6.07, 6.45) is 2.92. The van der Waals surface area contributed by atoms with Crippen LogP contribution in [0, 0.1) is 0 Å². The summed E-state index contributed by atoms with van der Waals surface area (Å²) in [4.78, 5) is 2.29. The summed E-state index contributed by atoms with van der Waals surface area (Å²) in [7, 11) is 4.33. The monoisotopic (exact) mass is 273 g/mol. The molecule has 72 valence electrons. The van der Waals surface area contributed by atoms with Crippen molar-refractivity contribution in [3.8, 4) is 0 Å². The van der Waals surface area contributed by atoms with Crippen molar-refractivity contribution < 1.29 is 0 Å². The molecule has 0 rings (SSSR count). The quantitative estimate of drug-likeness (QED) is 0.645. The van der Waals surface area contributed by atoms with Crippen molar-refractivity contribution in [2.75, 3.05) is 20.6 Å². The molecule has 0 spiro atoms. The molecule has 0 aliphatic carbocycles. The van der Waals surface area contributed by atoms with E-state index in [1.807, 2.05) is 0 Å². The third-order valence-electron chi connectivity index (χ3n) is 2.62. The van der Waals surface area contributed by atoms with Crippen LogP contribution in [0.4, 0.5) is 0 Å². The van der Waals surface area contributed by atoms with Crippen molar-refractivity contribution in [3.05, 3.63) is 0 Å². The van der Waals surface area contributed by atoms with Gasteiger partial charge in [0.05, 0.1) is 0 Å². The van der Waals surface area contributed by atoms with Gasteiger partial charge in [0, 0.05) is 0 Å². The van der Waals surface area contributed by atoms with Crippen LogP contribution in [0.2, 0.25) is 12.5 Å². The Morgan fingerprint density at radius 2 is 1.58 bits per heavy atom. The molecule has 0 aliphatic heterocycles. The van der Waals surface area contributed by atoms with E-state index in [9.17, 15) is 0 Å². The second kappa shape index (κ2) is 8.43. The van der Waals surface area contributed by atoms with E-state index in [4.69, 9.17) is 0 Å². The fourth-order valence-corrected chi connectivity index (χ4v) is 8.01. The molecule has 2 heteroatoms. The molecule has 0 radical (unpaired) electrons. The number of rotatable bonds is 7. The summed E-state index contributed by atoms with van der Waals surface area (Å²) in [6.45, 7) is 6.08. The van der Waals surface area contributed by atoms with E-state index in [-0.39, 0.29) is 0 Å². The van der Waals surface area contributed by atoms with Gasteiger partial charge in [-0.15, -0.1) is 0 Å². The van der Waals surface area contributed by atoms with Crippen molar-refractivity contribution in [1.29, 1.82) is 0 Å². The Bertz CT molecular complexity index is 89.8. The summed E-state index contributed by atoms with van der Waals surface area (Å²) < 4.78 is 4.78. The maximum absolute atomic E-state index is 2.40. The molecular weight excluding hydrogens is 249 g/mol. The number of nitrogens with zero attached hydrogens (tertiary/aromatic N) is 1. The second-order valence-corrected chi connectivity index (χ2v) is 15.2. The molecule has 12 heavy (non-hydrogen) atoms. The molecule has 0 atom stereocenters. The van der Waals surface area contributed by atoms with Gasteiger partial charge in [-0.3, -0.25) is 0 Å². The van der Waals surface area contributed by atoms with Gasteiger partial charge >= 0.3 is 86.2 Å². The Morgan fingerprint density at radius 3 is 2.00 bits per heavy atom. The van der Waals surface area contributed by atoms with E-state index in [0.717, 1.165) is 0 Å². The van der Waals surface area contributed by atoms with Crippen LogP contribution < -0.4 is 0 Å². The molecule has 0 N–H and O–H groups in total. The zero-order valence-corrected chi connectivity index (χ0v) is 12.6. The molecule has 0 bridgehead atoms. The van der Waals surface area contributed by atoms with E-state index >= 15 is 0 Å². The summed E-state index contributed by atoms with van der Waals surface area (Å²) in [5.74, 6) is 0. The van der Waals surface area contributed by atoms with Gasteiger partial charge in [0.25, 0.3) is 0 Å². The second-order valence-electron chi connectivity index (χ2n) is 3.98. The van der Waals surface area contributed by atoms with Crippen LogP contribution >= 0.6 is 0 Å². The fraction of sp³-hybridized carbons (Fsp3) is 1.00. The molecule has 0 fully saturated rings. The Labute approximate surface area is 86.1 Å². The molecule has 0 aromatic heterocycles. The van der Waals surface area contributed by atoms with Crippen LogP contribution in [-0.4, -0.2) is 47.0 Å². The van der Waals surface area contributed by atoms with Crippen molar-refractivity contribution in [2.24, 2.45) is 0 Å². The van der Waals surface area contributed by atoms with Gasteiger partial charge < -0.3 is 0 Å². The first-order valence-electron chi connectivity index (χ1n) is 5.35. The van der Waals surface area contributed by atoms with E-state index < -0.39 is 21.4 Å². The maximum atomic E-state index is 2.40. The predicted octanol–water partition coefficient (Wildman–Crippen LogP) is 2.86. The van der Waals surface area contributed by atoms with Crippen LogP contribution in [-0.2, 0) is 0 Å². The molecule has 0 amide bonds. The summed E-state index contributed by atoms with van der Waals surface area (Å²) in [6, 6.07) is 0. The standard InChI is InChI=1S/C6H14N.2C2H5.In/c1-4-5-6-7(2)3;2*1-2;/h1,4-6H2,2-3H3;2*1H2,2H3;. The Morgan fingerprint density at radius 1 is 1.00 bits per heavy atom. The predicted molar refractivity (Wildman–Crippen MR) is 59.3 cm³/mol. The third kappa shape index (κ3) is 7.48. The molecule has 1 nitrogen and oxygen atoms in total. The SMILES string of the molecule is C[CH2][In]([CH2]C)[CH2]CCCN(C)C. The van der Waals surface area contributed by atoms with E-state index in [2.05, 4.69) is 32.8 Å². The Hall–Kier alpha value is 0.830. The average Bonchev–Trinajstić information content (AvgIpc) is 2.04. The van der Waals surface area contributed by atoms with Crippen LogP contribution in [0.1, 0.15) is 26.7 Å². The van der Waals surface area contributed by atoms with Gasteiger partial charge in [-0.2, -0.15) is 0 Å². The molecular formula is C10H24InN. The molecule has 0 aromatic carbocycles. The Kier molecular flexibility index (Phi) is 9.01. The van der Waals surface area contributed by atoms with Crippen molar-refractivity contribution in [3.63, 3.8) is 0 Å². The summed E-state index contributed by atoms with van der Waals surface area (Å²) in [5, 5.41) is 0. The first kappa shape index (κ1) is 12.8. The number of hydrogen-bond donors (Lipinski definition) is 0. The Balaban J connectivity index is 3.17. The number of unbranched alkanes of at least 4 members (excludes halogenated alkanes) is 1. The molecule has 0 aliphatic rings.